The number of anilines is 1. The maximum atomic E-state index is 13.1. The molecule has 4 heterocycles. The van der Waals surface area contributed by atoms with Gasteiger partial charge in [0.2, 0.25) is 11.0 Å². The van der Waals surface area contributed by atoms with Crippen molar-refractivity contribution in [3.05, 3.63) is 48.7 Å². The molecule has 2 aliphatic rings. The molecule has 35 heavy (non-hydrogen) atoms. The fourth-order valence-corrected chi connectivity index (χ4v) is 6.10. The smallest absolute Gasteiger partial charge is 0.276 e. The normalized spacial score (nSPS) is 18.1. The van der Waals surface area contributed by atoms with Crippen LogP contribution in [0.15, 0.2) is 58.2 Å². The highest BCUT2D eigenvalue weighted by Gasteiger charge is 2.36. The van der Waals surface area contributed by atoms with Crippen LogP contribution < -0.4 is 9.64 Å². The predicted molar refractivity (Wildman–Crippen MR) is 130 cm³/mol. The van der Waals surface area contributed by atoms with Crippen molar-refractivity contribution >= 4 is 21.6 Å². The van der Waals surface area contributed by atoms with Crippen LogP contribution in [0.1, 0.15) is 12.8 Å². The van der Waals surface area contributed by atoms with Crippen LogP contribution in [0.4, 0.5) is 5.69 Å². The second-order valence-corrected chi connectivity index (χ2v) is 10.7. The van der Waals surface area contributed by atoms with Crippen LogP contribution in [-0.2, 0) is 14.8 Å². The number of nitrogens with zero attached hydrogens (tertiary/aromatic N) is 4. The third-order valence-electron chi connectivity index (χ3n) is 6.75. The summed E-state index contributed by atoms with van der Waals surface area (Å²) < 4.78 is 38.4. The molecule has 2 fully saturated rings. The molecule has 0 unspecified atom stereocenters. The van der Waals surface area contributed by atoms with Crippen molar-refractivity contribution in [3.63, 3.8) is 0 Å². The average Bonchev–Trinajstić information content (AvgIpc) is 3.61. The summed E-state index contributed by atoms with van der Waals surface area (Å²) in [7, 11) is -2.11. The lowest BCUT2D eigenvalue weighted by Crippen LogP contribution is -2.52. The molecule has 2 saturated heterocycles. The maximum absolute atomic E-state index is 13.1. The summed E-state index contributed by atoms with van der Waals surface area (Å²) in [6, 6.07) is 12.7. The van der Waals surface area contributed by atoms with Crippen molar-refractivity contribution in [3.8, 4) is 17.2 Å². The lowest BCUT2D eigenvalue weighted by molar-refractivity contribution is -0.137. The molecule has 0 atom stereocenters. The molecule has 0 radical (unpaired) electrons. The van der Waals surface area contributed by atoms with Gasteiger partial charge in [0.05, 0.1) is 7.11 Å². The Hall–Kier alpha value is -3.31. The number of sulfonamides is 1. The van der Waals surface area contributed by atoms with Gasteiger partial charge in [0.25, 0.3) is 10.0 Å². The Morgan fingerprint density at radius 3 is 2.51 bits per heavy atom. The van der Waals surface area contributed by atoms with Gasteiger partial charge in [-0.25, -0.2) is 8.42 Å². The number of piperidine rings is 1. The van der Waals surface area contributed by atoms with Crippen molar-refractivity contribution in [2.75, 3.05) is 51.3 Å². The Labute approximate surface area is 204 Å². The van der Waals surface area contributed by atoms with Crippen molar-refractivity contribution in [1.82, 2.24) is 19.4 Å². The number of nitrogens with one attached hydrogen (secondary N) is 1. The number of ether oxygens (including phenoxy) is 1. The monoisotopic (exact) mass is 499 g/mol. The van der Waals surface area contributed by atoms with E-state index in [1.807, 2.05) is 29.2 Å². The van der Waals surface area contributed by atoms with Crippen molar-refractivity contribution < 1.29 is 22.4 Å². The van der Waals surface area contributed by atoms with E-state index in [1.165, 1.54) is 10.4 Å². The van der Waals surface area contributed by atoms with Gasteiger partial charge < -0.3 is 19.0 Å². The molecule has 1 amide bonds. The SMILES string of the molecule is COc1cccc(N2CCN(C(=O)C3CCN(S(=O)(=O)c4ccc(-c5ccn[nH]5)o4)CC3)CC2)c1. The summed E-state index contributed by atoms with van der Waals surface area (Å²) in [5.41, 5.74) is 1.70. The molecule has 10 nitrogen and oxygen atoms in total. The molecule has 186 valence electrons. The summed E-state index contributed by atoms with van der Waals surface area (Å²) in [6.07, 6.45) is 2.58. The number of methoxy groups -OCH3 is 1. The molecular weight excluding hydrogens is 470 g/mol. The number of benzene rings is 1. The predicted octanol–water partition coefficient (Wildman–Crippen LogP) is 2.43. The number of aromatic nitrogens is 2. The summed E-state index contributed by atoms with van der Waals surface area (Å²) in [5.74, 6) is 1.18. The first-order valence-electron chi connectivity index (χ1n) is 11.7. The van der Waals surface area contributed by atoms with Gasteiger partial charge in [-0.05, 0) is 43.2 Å². The number of H-pyrrole nitrogens is 1. The molecule has 11 heteroatoms. The molecule has 0 spiro atoms. The molecule has 2 aliphatic heterocycles. The highest BCUT2D eigenvalue weighted by Crippen LogP contribution is 2.29. The summed E-state index contributed by atoms with van der Waals surface area (Å²) in [5, 5.41) is 6.53. The molecule has 0 saturated carbocycles. The third-order valence-corrected chi connectivity index (χ3v) is 8.53. The summed E-state index contributed by atoms with van der Waals surface area (Å²) >= 11 is 0. The fraction of sp³-hybridized carbons (Fsp3) is 0.417. The number of carbonyl (C=O) groups excluding carboxylic acids is 1. The largest absolute Gasteiger partial charge is 0.497 e. The minimum absolute atomic E-state index is 0.0967. The van der Waals surface area contributed by atoms with Gasteiger partial charge in [0, 0.05) is 63.1 Å². The fourth-order valence-electron chi connectivity index (χ4n) is 4.72. The van der Waals surface area contributed by atoms with Crippen molar-refractivity contribution in [2.24, 2.45) is 5.92 Å². The van der Waals surface area contributed by atoms with Crippen LogP contribution in [0.5, 0.6) is 5.75 Å². The molecule has 1 aromatic carbocycles. The van der Waals surface area contributed by atoms with Gasteiger partial charge in [-0.2, -0.15) is 9.40 Å². The van der Waals surface area contributed by atoms with Crippen LogP contribution in [0.3, 0.4) is 0 Å². The highest BCUT2D eigenvalue weighted by molar-refractivity contribution is 7.89. The van der Waals surface area contributed by atoms with Crippen molar-refractivity contribution in [1.29, 1.82) is 0 Å². The quantitative estimate of drug-likeness (QED) is 0.554. The Kier molecular flexibility index (Phi) is 6.52. The van der Waals surface area contributed by atoms with E-state index in [0.717, 1.165) is 24.5 Å². The van der Waals surface area contributed by atoms with Gasteiger partial charge in [-0.3, -0.25) is 9.89 Å². The van der Waals surface area contributed by atoms with Crippen LogP contribution in [-0.4, -0.2) is 80.1 Å². The number of furan rings is 1. The van der Waals surface area contributed by atoms with E-state index in [1.54, 1.807) is 25.4 Å². The lowest BCUT2D eigenvalue weighted by atomic mass is 9.96. The van der Waals surface area contributed by atoms with Crippen LogP contribution >= 0.6 is 0 Å². The molecule has 0 aliphatic carbocycles. The van der Waals surface area contributed by atoms with Crippen LogP contribution in [0.2, 0.25) is 0 Å². The zero-order valence-electron chi connectivity index (χ0n) is 19.6. The zero-order chi connectivity index (χ0) is 24.4. The van der Waals surface area contributed by atoms with Gasteiger partial charge in [0.1, 0.15) is 11.4 Å². The summed E-state index contributed by atoms with van der Waals surface area (Å²) in [4.78, 5) is 17.3. The van der Waals surface area contributed by atoms with E-state index in [4.69, 9.17) is 9.15 Å². The molecule has 2 aromatic heterocycles. The minimum Gasteiger partial charge on any atom is -0.497 e. The van der Waals surface area contributed by atoms with E-state index in [-0.39, 0.29) is 16.9 Å². The Bertz CT molecular complexity index is 1260. The Balaban J connectivity index is 1.15. The van der Waals surface area contributed by atoms with Crippen LogP contribution in [0.25, 0.3) is 11.5 Å². The van der Waals surface area contributed by atoms with E-state index in [0.29, 0.717) is 50.5 Å². The second kappa shape index (κ2) is 9.74. The van der Waals surface area contributed by atoms with E-state index >= 15 is 0 Å². The molecule has 5 rings (SSSR count). The molecular formula is C24H29N5O5S. The van der Waals surface area contributed by atoms with Gasteiger partial charge in [-0.1, -0.05) is 6.07 Å². The second-order valence-electron chi connectivity index (χ2n) is 8.78. The number of aromatic amines is 1. The number of rotatable bonds is 6. The average molecular weight is 500 g/mol. The first kappa shape index (κ1) is 23.4. The third kappa shape index (κ3) is 4.78. The Morgan fingerprint density at radius 2 is 1.83 bits per heavy atom. The topological polar surface area (TPSA) is 112 Å². The first-order valence-corrected chi connectivity index (χ1v) is 13.2. The van der Waals surface area contributed by atoms with E-state index in [9.17, 15) is 13.2 Å². The van der Waals surface area contributed by atoms with Gasteiger partial charge >= 0.3 is 0 Å². The number of hydrogen-bond donors (Lipinski definition) is 1. The molecule has 0 bridgehead atoms. The van der Waals surface area contributed by atoms with Crippen molar-refractivity contribution in [2.45, 2.75) is 17.9 Å². The number of hydrogen-bond acceptors (Lipinski definition) is 7. The minimum atomic E-state index is -3.76. The highest BCUT2D eigenvalue weighted by atomic mass is 32.2. The van der Waals surface area contributed by atoms with E-state index in [2.05, 4.69) is 15.1 Å². The number of amides is 1. The standard InChI is InChI=1S/C24H29N5O5S/c1-33-20-4-2-3-19(17-20)27-13-15-28(16-14-27)24(30)18-8-11-29(12-9-18)35(31,32)23-6-5-22(34-23)21-7-10-25-26-21/h2-7,10,17-18H,8-9,11-16H2,1H3,(H,25,26). The number of carbonyl (C=O) groups is 1. The molecule has 3 aromatic rings. The summed E-state index contributed by atoms with van der Waals surface area (Å²) in [6.45, 7) is 3.40. The van der Waals surface area contributed by atoms with Gasteiger partial charge in [0.15, 0.2) is 5.76 Å². The molecule has 1 N–H and O–H groups in total. The maximum Gasteiger partial charge on any atom is 0.276 e. The number of piperazine rings is 1. The Morgan fingerprint density at radius 1 is 1.06 bits per heavy atom. The van der Waals surface area contributed by atoms with Crippen LogP contribution in [0, 0.1) is 5.92 Å². The van der Waals surface area contributed by atoms with E-state index < -0.39 is 10.0 Å². The first-order chi connectivity index (χ1) is 17.0. The lowest BCUT2D eigenvalue weighted by Gasteiger charge is -2.39. The zero-order valence-corrected chi connectivity index (χ0v) is 20.4. The van der Waals surface area contributed by atoms with Gasteiger partial charge in [-0.15, -0.1) is 0 Å².